The third kappa shape index (κ3) is 3.55. The summed E-state index contributed by atoms with van der Waals surface area (Å²) in [6, 6.07) is 4.64. The Hall–Kier alpha value is -2.11. The molecule has 6 heteroatoms. The van der Waals surface area contributed by atoms with Crippen LogP contribution in [0.15, 0.2) is 24.3 Å². The van der Waals surface area contributed by atoms with Crippen molar-refractivity contribution in [2.24, 2.45) is 5.92 Å². The smallest absolute Gasteiger partial charge is 0.326 e. The van der Waals surface area contributed by atoms with Crippen molar-refractivity contribution in [1.82, 2.24) is 4.90 Å². The number of benzene rings is 1. The van der Waals surface area contributed by atoms with Gasteiger partial charge in [0.05, 0.1) is 0 Å². The molecule has 2 atom stereocenters. The molecule has 1 aromatic rings. The standard InChI is InChI=1S/C16H20FNO4/c1-10(2)14(22-12-7-5-11(17)6-8-12)15(19)18-9-3-4-13(18)16(20)21/h5-8,10,13-14H,3-4,9H2,1-2H3,(H,20,21). The molecular formula is C16H20FNO4. The van der Waals surface area contributed by atoms with E-state index in [0.717, 1.165) is 0 Å². The average molecular weight is 309 g/mol. The van der Waals surface area contributed by atoms with Crippen molar-refractivity contribution in [1.29, 1.82) is 0 Å². The van der Waals surface area contributed by atoms with Crippen LogP contribution in [-0.4, -0.2) is 40.6 Å². The van der Waals surface area contributed by atoms with Gasteiger partial charge in [0, 0.05) is 6.54 Å². The first-order valence-electron chi connectivity index (χ1n) is 7.35. The van der Waals surface area contributed by atoms with E-state index in [0.29, 0.717) is 25.1 Å². The highest BCUT2D eigenvalue weighted by Gasteiger charge is 2.39. The second kappa shape index (κ2) is 6.77. The monoisotopic (exact) mass is 309 g/mol. The van der Waals surface area contributed by atoms with E-state index in [2.05, 4.69) is 0 Å². The lowest BCUT2D eigenvalue weighted by Crippen LogP contribution is -2.49. The lowest BCUT2D eigenvalue weighted by Gasteiger charge is -2.29. The Kier molecular flexibility index (Phi) is 5.00. The largest absolute Gasteiger partial charge is 0.480 e. The number of halogens is 1. The predicted octanol–water partition coefficient (Wildman–Crippen LogP) is 2.30. The van der Waals surface area contributed by atoms with Crippen LogP contribution >= 0.6 is 0 Å². The Balaban J connectivity index is 2.15. The van der Waals surface area contributed by atoms with Crippen LogP contribution < -0.4 is 4.74 Å². The van der Waals surface area contributed by atoms with Gasteiger partial charge < -0.3 is 14.7 Å². The molecule has 1 N–H and O–H groups in total. The first-order chi connectivity index (χ1) is 10.4. The summed E-state index contributed by atoms with van der Waals surface area (Å²) in [5.41, 5.74) is 0. The molecule has 2 unspecified atom stereocenters. The van der Waals surface area contributed by atoms with Gasteiger partial charge in [0.15, 0.2) is 6.10 Å². The number of carbonyl (C=O) groups is 2. The van der Waals surface area contributed by atoms with E-state index in [1.54, 1.807) is 0 Å². The number of aliphatic carboxylic acids is 1. The van der Waals surface area contributed by atoms with Crippen LogP contribution in [0.3, 0.4) is 0 Å². The van der Waals surface area contributed by atoms with Crippen molar-refractivity contribution in [2.45, 2.75) is 38.8 Å². The summed E-state index contributed by atoms with van der Waals surface area (Å²) in [6.07, 6.45) is 0.345. The maximum Gasteiger partial charge on any atom is 0.326 e. The highest BCUT2D eigenvalue weighted by Crippen LogP contribution is 2.23. The van der Waals surface area contributed by atoms with Gasteiger partial charge in [-0.1, -0.05) is 13.8 Å². The van der Waals surface area contributed by atoms with Gasteiger partial charge in [0.25, 0.3) is 5.91 Å². The number of ether oxygens (including phenoxy) is 1. The summed E-state index contributed by atoms with van der Waals surface area (Å²) >= 11 is 0. The predicted molar refractivity (Wildman–Crippen MR) is 78.0 cm³/mol. The SMILES string of the molecule is CC(C)C(Oc1ccc(F)cc1)C(=O)N1CCCC1C(=O)O. The van der Waals surface area contributed by atoms with E-state index in [-0.39, 0.29) is 17.6 Å². The highest BCUT2D eigenvalue weighted by molar-refractivity contribution is 5.87. The van der Waals surface area contributed by atoms with Gasteiger partial charge in [0.1, 0.15) is 17.6 Å². The second-order valence-corrected chi connectivity index (χ2v) is 5.76. The maximum atomic E-state index is 12.9. The molecule has 22 heavy (non-hydrogen) atoms. The molecule has 0 spiro atoms. The number of carboxylic acids is 1. The van der Waals surface area contributed by atoms with Gasteiger partial charge in [-0.25, -0.2) is 9.18 Å². The first kappa shape index (κ1) is 16.3. The van der Waals surface area contributed by atoms with Crippen LogP contribution in [0.5, 0.6) is 5.75 Å². The van der Waals surface area contributed by atoms with Crippen molar-refractivity contribution >= 4 is 11.9 Å². The quantitative estimate of drug-likeness (QED) is 0.906. The molecular weight excluding hydrogens is 289 g/mol. The van der Waals surface area contributed by atoms with Gasteiger partial charge >= 0.3 is 5.97 Å². The molecule has 120 valence electrons. The molecule has 1 amide bonds. The van der Waals surface area contributed by atoms with Gasteiger partial charge in [-0.2, -0.15) is 0 Å². The van der Waals surface area contributed by atoms with E-state index in [1.165, 1.54) is 29.2 Å². The normalized spacial score (nSPS) is 19.3. The molecule has 1 heterocycles. The van der Waals surface area contributed by atoms with Gasteiger partial charge in [-0.3, -0.25) is 4.79 Å². The van der Waals surface area contributed by atoms with Gasteiger partial charge in [-0.05, 0) is 43.0 Å². The topological polar surface area (TPSA) is 66.8 Å². The summed E-state index contributed by atoms with van der Waals surface area (Å²) in [5.74, 6) is -1.45. The van der Waals surface area contributed by atoms with E-state index in [4.69, 9.17) is 4.74 Å². The van der Waals surface area contributed by atoms with Crippen LogP contribution in [0.25, 0.3) is 0 Å². The minimum Gasteiger partial charge on any atom is -0.480 e. The van der Waals surface area contributed by atoms with Crippen molar-refractivity contribution in [3.63, 3.8) is 0 Å². The van der Waals surface area contributed by atoms with Crippen LogP contribution in [0.1, 0.15) is 26.7 Å². The number of amides is 1. The van der Waals surface area contributed by atoms with Crippen molar-refractivity contribution in [2.75, 3.05) is 6.54 Å². The molecule has 1 fully saturated rings. The minimum atomic E-state index is -0.991. The number of nitrogens with zero attached hydrogens (tertiary/aromatic N) is 1. The van der Waals surface area contributed by atoms with E-state index in [1.807, 2.05) is 13.8 Å². The Morgan fingerprint density at radius 3 is 2.50 bits per heavy atom. The first-order valence-corrected chi connectivity index (χ1v) is 7.35. The van der Waals surface area contributed by atoms with Gasteiger partial charge in [-0.15, -0.1) is 0 Å². The summed E-state index contributed by atoms with van der Waals surface area (Å²) in [4.78, 5) is 25.2. The number of hydrogen-bond acceptors (Lipinski definition) is 3. The Morgan fingerprint density at radius 2 is 1.95 bits per heavy atom. The number of carbonyl (C=O) groups excluding carboxylic acids is 1. The molecule has 1 aliphatic rings. The molecule has 0 aliphatic carbocycles. The fourth-order valence-electron chi connectivity index (χ4n) is 2.58. The van der Waals surface area contributed by atoms with E-state index in [9.17, 15) is 19.1 Å². The van der Waals surface area contributed by atoms with Crippen LogP contribution in [-0.2, 0) is 9.59 Å². The fraction of sp³-hybridized carbons (Fsp3) is 0.500. The highest BCUT2D eigenvalue weighted by atomic mass is 19.1. The van der Waals surface area contributed by atoms with Crippen molar-refractivity contribution in [3.8, 4) is 5.75 Å². The maximum absolute atomic E-state index is 12.9. The zero-order valence-electron chi connectivity index (χ0n) is 12.7. The minimum absolute atomic E-state index is 0.132. The molecule has 5 nitrogen and oxygen atoms in total. The summed E-state index contributed by atoms with van der Waals surface area (Å²) < 4.78 is 18.6. The second-order valence-electron chi connectivity index (χ2n) is 5.76. The zero-order valence-corrected chi connectivity index (χ0v) is 12.7. The lowest BCUT2D eigenvalue weighted by molar-refractivity contribution is -0.152. The molecule has 2 rings (SSSR count). The van der Waals surface area contributed by atoms with Crippen LogP contribution in [0.4, 0.5) is 4.39 Å². The van der Waals surface area contributed by atoms with Gasteiger partial charge in [0.2, 0.25) is 0 Å². The fourth-order valence-corrected chi connectivity index (χ4v) is 2.58. The van der Waals surface area contributed by atoms with E-state index < -0.39 is 18.1 Å². The molecule has 0 saturated carbocycles. The number of likely N-dealkylation sites (tertiary alicyclic amines) is 1. The number of hydrogen-bond donors (Lipinski definition) is 1. The molecule has 1 aliphatic heterocycles. The van der Waals surface area contributed by atoms with Crippen LogP contribution in [0.2, 0.25) is 0 Å². The zero-order chi connectivity index (χ0) is 16.3. The Morgan fingerprint density at radius 1 is 1.32 bits per heavy atom. The third-order valence-corrected chi connectivity index (χ3v) is 3.75. The van der Waals surface area contributed by atoms with Crippen LogP contribution in [0, 0.1) is 11.7 Å². The third-order valence-electron chi connectivity index (χ3n) is 3.75. The Bertz CT molecular complexity index is 544. The molecule has 0 radical (unpaired) electrons. The number of rotatable bonds is 5. The molecule has 0 bridgehead atoms. The summed E-state index contributed by atoms with van der Waals surface area (Å²) in [5, 5.41) is 9.20. The lowest BCUT2D eigenvalue weighted by atomic mass is 10.1. The molecule has 0 aromatic heterocycles. The van der Waals surface area contributed by atoms with E-state index >= 15 is 0 Å². The Labute approximate surface area is 128 Å². The average Bonchev–Trinajstić information content (AvgIpc) is 2.95. The van der Waals surface area contributed by atoms with Crippen molar-refractivity contribution in [3.05, 3.63) is 30.1 Å². The summed E-state index contributed by atoms with van der Waals surface area (Å²) in [7, 11) is 0. The molecule has 1 saturated heterocycles. The molecule has 1 aromatic carbocycles. The number of carboxylic acid groups (broad SMARTS) is 1. The van der Waals surface area contributed by atoms with Crippen molar-refractivity contribution < 1.29 is 23.8 Å². The summed E-state index contributed by atoms with van der Waals surface area (Å²) in [6.45, 7) is 4.08.